The number of para-hydroxylation sites is 1. The molecule has 0 radical (unpaired) electrons. The van der Waals surface area contributed by atoms with Crippen molar-refractivity contribution in [3.05, 3.63) is 48.5 Å². The van der Waals surface area contributed by atoms with E-state index in [9.17, 15) is 0 Å². The zero-order valence-electron chi connectivity index (χ0n) is 12.6. The summed E-state index contributed by atoms with van der Waals surface area (Å²) in [7, 11) is 0. The van der Waals surface area contributed by atoms with Crippen LogP contribution in [-0.2, 0) is 0 Å². The van der Waals surface area contributed by atoms with Crippen molar-refractivity contribution in [2.24, 2.45) is 0 Å². The first-order valence-corrected chi connectivity index (χ1v) is 9.15. The van der Waals surface area contributed by atoms with Gasteiger partial charge in [-0.25, -0.2) is 0 Å². The molecule has 1 saturated carbocycles. The van der Waals surface area contributed by atoms with Crippen molar-refractivity contribution in [1.82, 2.24) is 4.57 Å². The van der Waals surface area contributed by atoms with E-state index in [1.54, 1.807) is 0 Å². The molecule has 1 aliphatic carbocycles. The maximum absolute atomic E-state index is 2.67. The molecule has 0 spiro atoms. The van der Waals surface area contributed by atoms with Crippen LogP contribution >= 0.6 is 11.3 Å². The molecule has 0 amide bonds. The van der Waals surface area contributed by atoms with Gasteiger partial charge in [0.25, 0.3) is 0 Å². The van der Waals surface area contributed by atoms with Gasteiger partial charge in [-0.3, -0.25) is 0 Å². The van der Waals surface area contributed by atoms with E-state index < -0.39 is 0 Å². The molecule has 2 heteroatoms. The predicted octanol–water partition coefficient (Wildman–Crippen LogP) is 6.51. The first-order chi connectivity index (χ1) is 10.9. The summed E-state index contributed by atoms with van der Waals surface area (Å²) in [5.74, 6) is 0. The van der Waals surface area contributed by atoms with Crippen LogP contribution in [0.3, 0.4) is 0 Å². The van der Waals surface area contributed by atoms with E-state index in [-0.39, 0.29) is 0 Å². The minimum atomic E-state index is 0.675. The summed E-state index contributed by atoms with van der Waals surface area (Å²) < 4.78 is 5.56. The van der Waals surface area contributed by atoms with Crippen LogP contribution in [0.2, 0.25) is 0 Å². The van der Waals surface area contributed by atoms with Crippen LogP contribution in [0.1, 0.15) is 38.1 Å². The van der Waals surface area contributed by atoms with Crippen LogP contribution in [0, 0.1) is 0 Å². The molecule has 4 aromatic rings. The monoisotopic (exact) mass is 305 g/mol. The number of hydrogen-bond acceptors (Lipinski definition) is 1. The lowest BCUT2D eigenvalue weighted by molar-refractivity contribution is 0.368. The van der Waals surface area contributed by atoms with E-state index >= 15 is 0 Å². The fourth-order valence-corrected chi connectivity index (χ4v) is 5.40. The quantitative estimate of drug-likeness (QED) is 0.377. The summed E-state index contributed by atoms with van der Waals surface area (Å²) >= 11 is 1.96. The van der Waals surface area contributed by atoms with Gasteiger partial charge in [-0.05, 0) is 25.0 Å². The lowest BCUT2D eigenvalue weighted by Crippen LogP contribution is -2.12. The normalized spacial score (nSPS) is 16.9. The van der Waals surface area contributed by atoms with Crippen LogP contribution < -0.4 is 0 Å². The third-order valence-electron chi connectivity index (χ3n) is 5.16. The molecule has 1 fully saturated rings. The number of fused-ring (bicyclic) bond motifs is 5. The van der Waals surface area contributed by atoms with Gasteiger partial charge < -0.3 is 4.57 Å². The molecule has 0 unspecified atom stereocenters. The van der Waals surface area contributed by atoms with Crippen molar-refractivity contribution in [2.75, 3.05) is 0 Å². The Morgan fingerprint density at radius 2 is 1.55 bits per heavy atom. The second kappa shape index (κ2) is 4.85. The molecule has 2 aromatic carbocycles. The van der Waals surface area contributed by atoms with E-state index in [4.69, 9.17) is 0 Å². The molecule has 0 atom stereocenters. The third kappa shape index (κ3) is 1.70. The summed E-state index contributed by atoms with van der Waals surface area (Å²) in [6.07, 6.45) is 6.82. The van der Waals surface area contributed by atoms with Crippen LogP contribution in [0.15, 0.2) is 48.5 Å². The van der Waals surface area contributed by atoms with E-state index in [1.807, 2.05) is 11.3 Å². The summed E-state index contributed by atoms with van der Waals surface area (Å²) in [4.78, 5) is 0. The molecule has 1 aliphatic rings. The lowest BCUT2D eigenvalue weighted by atomic mass is 9.95. The molecule has 22 heavy (non-hydrogen) atoms. The number of nitrogens with zero attached hydrogens (tertiary/aromatic N) is 1. The van der Waals surface area contributed by atoms with Gasteiger partial charge in [-0.2, -0.15) is 0 Å². The van der Waals surface area contributed by atoms with Gasteiger partial charge in [-0.1, -0.05) is 55.7 Å². The van der Waals surface area contributed by atoms with Crippen molar-refractivity contribution < 1.29 is 0 Å². The van der Waals surface area contributed by atoms with Gasteiger partial charge in [0.2, 0.25) is 0 Å². The van der Waals surface area contributed by atoms with Crippen molar-refractivity contribution in [3.63, 3.8) is 0 Å². The van der Waals surface area contributed by atoms with Crippen LogP contribution in [-0.4, -0.2) is 4.57 Å². The summed E-state index contributed by atoms with van der Waals surface area (Å²) in [5, 5.41) is 2.87. The van der Waals surface area contributed by atoms with Gasteiger partial charge in [-0.15, -0.1) is 11.3 Å². The average Bonchev–Trinajstić information content (AvgIpc) is 3.10. The SMILES string of the molecule is c1ccc2c(c1)sc1c3ccccc3n(C3CCCCC3)c21. The molecule has 110 valence electrons. The minimum Gasteiger partial charge on any atom is -0.336 e. The van der Waals surface area contributed by atoms with Crippen LogP contribution in [0.25, 0.3) is 31.2 Å². The molecule has 2 aromatic heterocycles. The smallest absolute Gasteiger partial charge is 0.0683 e. The van der Waals surface area contributed by atoms with E-state index in [0.29, 0.717) is 6.04 Å². The average molecular weight is 305 g/mol. The number of hydrogen-bond donors (Lipinski definition) is 0. The molecule has 1 nitrogen and oxygen atoms in total. The van der Waals surface area contributed by atoms with Crippen LogP contribution in [0.4, 0.5) is 0 Å². The largest absolute Gasteiger partial charge is 0.336 e. The number of aromatic nitrogens is 1. The van der Waals surface area contributed by atoms with Crippen molar-refractivity contribution in [1.29, 1.82) is 0 Å². The van der Waals surface area contributed by atoms with Gasteiger partial charge in [0, 0.05) is 21.5 Å². The predicted molar refractivity (Wildman–Crippen MR) is 96.9 cm³/mol. The Balaban J connectivity index is 1.94. The first-order valence-electron chi connectivity index (χ1n) is 8.33. The zero-order valence-corrected chi connectivity index (χ0v) is 13.4. The van der Waals surface area contributed by atoms with Crippen molar-refractivity contribution in [2.45, 2.75) is 38.1 Å². The van der Waals surface area contributed by atoms with E-state index in [2.05, 4.69) is 53.1 Å². The molecular formula is C20H19NS. The summed E-state index contributed by atoms with van der Waals surface area (Å²) in [6.45, 7) is 0. The zero-order chi connectivity index (χ0) is 14.5. The molecular weight excluding hydrogens is 286 g/mol. The molecule has 0 bridgehead atoms. The second-order valence-electron chi connectivity index (χ2n) is 6.45. The fraction of sp³-hybridized carbons (Fsp3) is 0.300. The maximum Gasteiger partial charge on any atom is 0.0683 e. The number of thiophene rings is 1. The molecule has 0 N–H and O–H groups in total. The van der Waals surface area contributed by atoms with E-state index in [0.717, 1.165) is 0 Å². The van der Waals surface area contributed by atoms with Crippen molar-refractivity contribution in [3.8, 4) is 0 Å². The van der Waals surface area contributed by atoms with Crippen LogP contribution in [0.5, 0.6) is 0 Å². The minimum absolute atomic E-state index is 0.675. The van der Waals surface area contributed by atoms with Gasteiger partial charge in [0.1, 0.15) is 0 Å². The molecule has 0 saturated heterocycles. The Bertz CT molecular complexity index is 963. The van der Waals surface area contributed by atoms with Gasteiger partial charge in [0.05, 0.1) is 15.7 Å². The number of benzene rings is 2. The second-order valence-corrected chi connectivity index (χ2v) is 7.51. The highest BCUT2D eigenvalue weighted by atomic mass is 32.1. The Morgan fingerprint density at radius 1 is 0.818 bits per heavy atom. The molecule has 2 heterocycles. The Morgan fingerprint density at radius 3 is 2.41 bits per heavy atom. The highest BCUT2D eigenvalue weighted by Crippen LogP contribution is 2.44. The third-order valence-corrected chi connectivity index (χ3v) is 6.35. The Labute approximate surface area is 134 Å². The Kier molecular flexibility index (Phi) is 2.80. The summed E-state index contributed by atoms with van der Waals surface area (Å²) in [5.41, 5.74) is 2.91. The number of rotatable bonds is 1. The lowest BCUT2D eigenvalue weighted by Gasteiger charge is -2.25. The van der Waals surface area contributed by atoms with Crippen molar-refractivity contribution >= 4 is 42.5 Å². The fourth-order valence-electron chi connectivity index (χ4n) is 4.17. The van der Waals surface area contributed by atoms with Gasteiger partial charge in [0.15, 0.2) is 0 Å². The first kappa shape index (κ1) is 12.7. The Hall–Kier alpha value is -1.80. The topological polar surface area (TPSA) is 4.93 Å². The van der Waals surface area contributed by atoms with Gasteiger partial charge >= 0.3 is 0 Å². The summed E-state index contributed by atoms with van der Waals surface area (Å²) in [6, 6.07) is 18.5. The maximum atomic E-state index is 2.67. The molecule has 5 rings (SSSR count). The highest BCUT2D eigenvalue weighted by Gasteiger charge is 2.22. The van der Waals surface area contributed by atoms with E-state index in [1.165, 1.54) is 63.3 Å². The standard InChI is InChI=1S/C20H19NS/c1-2-8-14(9-3-1)21-17-12-6-4-10-15(17)20-19(21)16-11-5-7-13-18(16)22-20/h4-7,10-14H,1-3,8-9H2. The molecule has 0 aliphatic heterocycles. The highest BCUT2D eigenvalue weighted by molar-refractivity contribution is 7.26.